The highest BCUT2D eigenvalue weighted by Crippen LogP contribution is 2.25. The number of nitrogens with one attached hydrogen (secondary N) is 1. The topological polar surface area (TPSA) is 59.8 Å². The second-order valence-electron chi connectivity index (χ2n) is 5.41. The lowest BCUT2D eigenvalue weighted by atomic mass is 10.1. The van der Waals surface area contributed by atoms with Crippen molar-refractivity contribution in [1.82, 2.24) is 14.8 Å². The predicted molar refractivity (Wildman–Crippen MR) is 93.2 cm³/mol. The van der Waals surface area contributed by atoms with Crippen LogP contribution in [0.5, 0.6) is 0 Å². The Morgan fingerprint density at radius 3 is 2.72 bits per heavy atom. The van der Waals surface area contributed by atoms with Gasteiger partial charge >= 0.3 is 0 Å². The number of rotatable bonds is 3. The maximum atomic E-state index is 14.4. The Labute approximate surface area is 142 Å². The second-order valence-corrected chi connectivity index (χ2v) is 5.41. The monoisotopic (exact) mass is 332 g/mol. The molecule has 0 unspecified atom stereocenters. The van der Waals surface area contributed by atoms with E-state index >= 15 is 0 Å². The van der Waals surface area contributed by atoms with Crippen LogP contribution in [-0.4, -0.2) is 20.7 Å². The lowest BCUT2D eigenvalue weighted by Crippen LogP contribution is -2.16. The number of hydrogen-bond acceptors (Lipinski definition) is 3. The van der Waals surface area contributed by atoms with Crippen LogP contribution in [0.4, 0.5) is 10.1 Å². The molecule has 5 nitrogen and oxygen atoms in total. The molecule has 2 aromatic carbocycles. The fourth-order valence-corrected chi connectivity index (χ4v) is 2.72. The Kier molecular flexibility index (Phi) is 3.70. The minimum absolute atomic E-state index is 0.0806. The molecule has 0 fully saturated rings. The first kappa shape index (κ1) is 15.0. The van der Waals surface area contributed by atoms with E-state index in [-0.39, 0.29) is 5.69 Å². The number of halogens is 1. The number of para-hydroxylation sites is 1. The zero-order valence-corrected chi connectivity index (χ0v) is 13.1. The van der Waals surface area contributed by atoms with Crippen LogP contribution in [0.25, 0.3) is 16.6 Å². The minimum Gasteiger partial charge on any atom is -0.318 e. The van der Waals surface area contributed by atoms with Gasteiger partial charge in [0.25, 0.3) is 5.91 Å². The second kappa shape index (κ2) is 6.16. The summed E-state index contributed by atoms with van der Waals surface area (Å²) in [5.74, 6) is -0.934. The molecule has 0 atom stereocenters. The van der Waals surface area contributed by atoms with Gasteiger partial charge in [-0.25, -0.2) is 9.07 Å². The summed E-state index contributed by atoms with van der Waals surface area (Å²) in [6, 6.07) is 15.1. The molecular weight excluding hydrogens is 319 g/mol. The molecule has 0 aliphatic heterocycles. The van der Waals surface area contributed by atoms with Gasteiger partial charge in [0, 0.05) is 29.5 Å². The van der Waals surface area contributed by atoms with E-state index < -0.39 is 11.7 Å². The van der Waals surface area contributed by atoms with Crippen molar-refractivity contribution < 1.29 is 9.18 Å². The smallest absolute Gasteiger partial charge is 0.256 e. The highest BCUT2D eigenvalue weighted by molar-refractivity contribution is 6.13. The van der Waals surface area contributed by atoms with Crippen molar-refractivity contribution in [1.29, 1.82) is 0 Å². The molecule has 0 bridgehead atoms. The average Bonchev–Trinajstić information content (AvgIpc) is 3.17. The number of carbonyl (C=O) groups is 1. The first-order chi connectivity index (χ1) is 12.2. The summed E-state index contributed by atoms with van der Waals surface area (Å²) in [6.45, 7) is 0. The molecule has 2 heterocycles. The van der Waals surface area contributed by atoms with E-state index in [0.29, 0.717) is 22.2 Å². The summed E-state index contributed by atoms with van der Waals surface area (Å²) >= 11 is 0. The van der Waals surface area contributed by atoms with E-state index in [9.17, 15) is 9.18 Å². The Hall–Kier alpha value is -3.54. The number of pyridine rings is 1. The fraction of sp³-hybridized carbons (Fsp3) is 0. The van der Waals surface area contributed by atoms with Crippen LogP contribution in [-0.2, 0) is 0 Å². The molecule has 0 aliphatic carbocycles. The summed E-state index contributed by atoms with van der Waals surface area (Å²) < 4.78 is 15.9. The zero-order valence-electron chi connectivity index (χ0n) is 13.1. The molecule has 4 aromatic rings. The first-order valence-electron chi connectivity index (χ1n) is 7.67. The van der Waals surface area contributed by atoms with Crippen LogP contribution in [0.2, 0.25) is 0 Å². The highest BCUT2D eigenvalue weighted by Gasteiger charge is 2.16. The van der Waals surface area contributed by atoms with Gasteiger partial charge in [0.15, 0.2) is 0 Å². The number of benzene rings is 2. The molecule has 4 rings (SSSR count). The van der Waals surface area contributed by atoms with Gasteiger partial charge in [0.1, 0.15) is 11.5 Å². The summed E-state index contributed by atoms with van der Waals surface area (Å²) in [5.41, 5.74) is 1.67. The lowest BCUT2D eigenvalue weighted by molar-refractivity contribution is 0.102. The number of hydrogen-bond donors (Lipinski definition) is 1. The summed E-state index contributed by atoms with van der Waals surface area (Å²) in [4.78, 5) is 17.0. The number of nitrogens with zero attached hydrogens (tertiary/aromatic N) is 3. The van der Waals surface area contributed by atoms with Gasteiger partial charge in [-0.05, 0) is 36.4 Å². The van der Waals surface area contributed by atoms with E-state index in [0.717, 1.165) is 0 Å². The van der Waals surface area contributed by atoms with Crippen molar-refractivity contribution >= 4 is 22.5 Å². The zero-order chi connectivity index (χ0) is 17.2. The van der Waals surface area contributed by atoms with Crippen molar-refractivity contribution in [2.24, 2.45) is 0 Å². The molecule has 6 heteroatoms. The van der Waals surface area contributed by atoms with Gasteiger partial charge in [0.2, 0.25) is 0 Å². The molecule has 122 valence electrons. The number of carbonyl (C=O) groups excluding carboxylic acids is 1. The normalized spacial score (nSPS) is 10.8. The largest absolute Gasteiger partial charge is 0.318 e. The molecule has 1 amide bonds. The van der Waals surface area contributed by atoms with E-state index in [1.54, 1.807) is 55.0 Å². The Balaban J connectivity index is 1.77. The van der Waals surface area contributed by atoms with Crippen LogP contribution in [0.3, 0.4) is 0 Å². The molecule has 25 heavy (non-hydrogen) atoms. The van der Waals surface area contributed by atoms with Crippen molar-refractivity contribution in [2.45, 2.75) is 0 Å². The van der Waals surface area contributed by atoms with Crippen LogP contribution >= 0.6 is 0 Å². The highest BCUT2D eigenvalue weighted by atomic mass is 19.1. The molecule has 0 spiro atoms. The van der Waals surface area contributed by atoms with E-state index in [2.05, 4.69) is 15.4 Å². The van der Waals surface area contributed by atoms with Gasteiger partial charge in [-0.15, -0.1) is 0 Å². The third-order valence-electron chi connectivity index (χ3n) is 3.87. The SMILES string of the molecule is O=C(Nc1c(F)cccc1-n1cccn1)c1cccc2ncccc12. The Morgan fingerprint density at radius 1 is 1.00 bits per heavy atom. The molecule has 0 radical (unpaired) electrons. The van der Waals surface area contributed by atoms with Gasteiger partial charge in [-0.3, -0.25) is 9.78 Å². The van der Waals surface area contributed by atoms with E-state index in [1.165, 1.54) is 10.7 Å². The molecule has 0 aliphatic rings. The van der Waals surface area contributed by atoms with Crippen molar-refractivity contribution in [3.8, 4) is 5.69 Å². The van der Waals surface area contributed by atoms with E-state index in [4.69, 9.17) is 0 Å². The quantitative estimate of drug-likeness (QED) is 0.620. The summed E-state index contributed by atoms with van der Waals surface area (Å²) in [5, 5.41) is 7.49. The fourth-order valence-electron chi connectivity index (χ4n) is 2.72. The van der Waals surface area contributed by atoms with Crippen LogP contribution in [0, 0.1) is 5.82 Å². The molecule has 1 N–H and O–H groups in total. The third kappa shape index (κ3) is 2.74. The maximum absolute atomic E-state index is 14.4. The standard InChI is InChI=1S/C19H13FN4O/c20-15-7-2-9-17(24-12-4-11-22-24)18(15)23-19(25)14-5-1-8-16-13(14)6-3-10-21-16/h1-12H,(H,23,25). The van der Waals surface area contributed by atoms with Gasteiger partial charge < -0.3 is 5.32 Å². The molecule has 2 aromatic heterocycles. The summed E-state index contributed by atoms with van der Waals surface area (Å²) in [6.07, 6.45) is 4.94. The molecular formula is C19H13FN4O. The molecule has 0 saturated heterocycles. The van der Waals surface area contributed by atoms with Gasteiger partial charge in [-0.1, -0.05) is 18.2 Å². The number of amides is 1. The summed E-state index contributed by atoms with van der Waals surface area (Å²) in [7, 11) is 0. The Morgan fingerprint density at radius 2 is 1.88 bits per heavy atom. The molecule has 0 saturated carbocycles. The number of fused-ring (bicyclic) bond motifs is 1. The number of aromatic nitrogens is 3. The maximum Gasteiger partial charge on any atom is 0.256 e. The van der Waals surface area contributed by atoms with Crippen LogP contribution in [0.1, 0.15) is 10.4 Å². The number of anilines is 1. The van der Waals surface area contributed by atoms with Crippen molar-refractivity contribution in [3.05, 3.63) is 84.6 Å². The average molecular weight is 332 g/mol. The van der Waals surface area contributed by atoms with Gasteiger partial charge in [0.05, 0.1) is 11.2 Å². The first-order valence-corrected chi connectivity index (χ1v) is 7.67. The van der Waals surface area contributed by atoms with Crippen molar-refractivity contribution in [3.63, 3.8) is 0 Å². The predicted octanol–water partition coefficient (Wildman–Crippen LogP) is 3.81. The Bertz CT molecular complexity index is 1050. The third-order valence-corrected chi connectivity index (χ3v) is 3.87. The van der Waals surface area contributed by atoms with Crippen LogP contribution in [0.15, 0.2) is 73.2 Å². The van der Waals surface area contributed by atoms with Gasteiger partial charge in [-0.2, -0.15) is 5.10 Å². The van der Waals surface area contributed by atoms with Crippen LogP contribution < -0.4 is 5.32 Å². The lowest BCUT2D eigenvalue weighted by Gasteiger charge is -2.13. The van der Waals surface area contributed by atoms with Crippen molar-refractivity contribution in [2.75, 3.05) is 5.32 Å². The minimum atomic E-state index is -0.528. The van der Waals surface area contributed by atoms with E-state index in [1.807, 2.05) is 12.1 Å².